The topological polar surface area (TPSA) is 19.0 Å². The van der Waals surface area contributed by atoms with E-state index < -0.39 is 0 Å². The summed E-state index contributed by atoms with van der Waals surface area (Å²) in [6.45, 7) is 12.5. The fraction of sp³-hybridized carbons (Fsp3) is 0.520. The Hall–Kier alpha value is -2.04. The molecule has 0 atom stereocenters. The molecule has 29 heavy (non-hydrogen) atoms. The molecular formula is C25H35N3O. The SMILES string of the molecule is Cc1cc(N2CCCC2)c(C)cc1CN(C)Cc1ccccc1N1CCOCC1. The number of aryl methyl sites for hydroxylation is 2. The molecule has 0 radical (unpaired) electrons. The number of benzene rings is 2. The molecule has 0 bridgehead atoms. The summed E-state index contributed by atoms with van der Waals surface area (Å²) >= 11 is 0. The lowest BCUT2D eigenvalue weighted by Crippen LogP contribution is -2.37. The molecular weight excluding hydrogens is 358 g/mol. The Morgan fingerprint density at radius 1 is 0.793 bits per heavy atom. The lowest BCUT2D eigenvalue weighted by molar-refractivity contribution is 0.122. The molecule has 0 N–H and O–H groups in total. The van der Waals surface area contributed by atoms with Gasteiger partial charge in [0.05, 0.1) is 13.2 Å². The first-order valence-corrected chi connectivity index (χ1v) is 11.1. The van der Waals surface area contributed by atoms with Gasteiger partial charge in [-0.3, -0.25) is 4.90 Å². The third-order valence-corrected chi connectivity index (χ3v) is 6.33. The maximum Gasteiger partial charge on any atom is 0.0642 e. The predicted octanol–water partition coefficient (Wildman–Crippen LogP) is 4.37. The number of para-hydroxylation sites is 1. The van der Waals surface area contributed by atoms with Crippen LogP contribution in [0.1, 0.15) is 35.1 Å². The van der Waals surface area contributed by atoms with Crippen molar-refractivity contribution in [2.45, 2.75) is 39.8 Å². The molecule has 0 unspecified atom stereocenters. The molecule has 2 heterocycles. The molecule has 4 heteroatoms. The minimum absolute atomic E-state index is 0.825. The highest BCUT2D eigenvalue weighted by atomic mass is 16.5. The number of hydrogen-bond acceptors (Lipinski definition) is 4. The summed E-state index contributed by atoms with van der Waals surface area (Å²) in [7, 11) is 2.24. The lowest BCUT2D eigenvalue weighted by atomic mass is 10.0. The second-order valence-corrected chi connectivity index (χ2v) is 8.66. The molecule has 0 amide bonds. The number of anilines is 2. The molecule has 0 aliphatic carbocycles. The Labute approximate surface area is 176 Å². The highest BCUT2D eigenvalue weighted by molar-refractivity contribution is 5.58. The average molecular weight is 394 g/mol. The second-order valence-electron chi connectivity index (χ2n) is 8.66. The van der Waals surface area contributed by atoms with Gasteiger partial charge in [0.1, 0.15) is 0 Å². The van der Waals surface area contributed by atoms with Crippen molar-refractivity contribution in [3.8, 4) is 0 Å². The third-order valence-electron chi connectivity index (χ3n) is 6.33. The van der Waals surface area contributed by atoms with Gasteiger partial charge in [0.15, 0.2) is 0 Å². The minimum atomic E-state index is 0.825. The zero-order valence-electron chi connectivity index (χ0n) is 18.3. The Morgan fingerprint density at radius 2 is 1.45 bits per heavy atom. The van der Waals surface area contributed by atoms with Crippen LogP contribution < -0.4 is 9.80 Å². The van der Waals surface area contributed by atoms with E-state index in [0.29, 0.717) is 0 Å². The standard InChI is InChI=1S/C25H35N3O/c1-20-17-25(27-10-6-7-11-27)21(2)16-23(20)19-26(3)18-22-8-4-5-9-24(22)28-12-14-29-15-13-28/h4-5,8-9,16-17H,6-7,10-15,18-19H2,1-3H3. The van der Waals surface area contributed by atoms with Gasteiger partial charge in [0.25, 0.3) is 0 Å². The van der Waals surface area contributed by atoms with Gasteiger partial charge in [-0.1, -0.05) is 24.3 Å². The van der Waals surface area contributed by atoms with Crippen LogP contribution in [0.5, 0.6) is 0 Å². The molecule has 0 saturated carbocycles. The summed E-state index contributed by atoms with van der Waals surface area (Å²) in [4.78, 5) is 7.46. The van der Waals surface area contributed by atoms with Crippen molar-refractivity contribution in [2.24, 2.45) is 0 Å². The summed E-state index contributed by atoms with van der Waals surface area (Å²) in [5.74, 6) is 0. The van der Waals surface area contributed by atoms with Crippen molar-refractivity contribution in [3.05, 3.63) is 58.7 Å². The van der Waals surface area contributed by atoms with Crippen molar-refractivity contribution in [1.29, 1.82) is 0 Å². The maximum absolute atomic E-state index is 5.54. The zero-order chi connectivity index (χ0) is 20.2. The molecule has 156 valence electrons. The van der Waals surface area contributed by atoms with Gasteiger partial charge in [0.2, 0.25) is 0 Å². The number of morpholine rings is 1. The van der Waals surface area contributed by atoms with Crippen LogP contribution in [0, 0.1) is 13.8 Å². The molecule has 0 aromatic heterocycles. The predicted molar refractivity (Wildman–Crippen MR) is 122 cm³/mol. The number of nitrogens with zero attached hydrogens (tertiary/aromatic N) is 3. The number of rotatable bonds is 6. The van der Waals surface area contributed by atoms with E-state index in [9.17, 15) is 0 Å². The van der Waals surface area contributed by atoms with Crippen molar-refractivity contribution in [2.75, 3.05) is 56.2 Å². The van der Waals surface area contributed by atoms with Crippen LogP contribution in [0.2, 0.25) is 0 Å². The Kier molecular flexibility index (Phi) is 6.41. The van der Waals surface area contributed by atoms with E-state index in [1.54, 1.807) is 0 Å². The first-order chi connectivity index (χ1) is 14.1. The van der Waals surface area contributed by atoms with Crippen LogP contribution in [0.3, 0.4) is 0 Å². The highest BCUT2D eigenvalue weighted by Crippen LogP contribution is 2.29. The second kappa shape index (κ2) is 9.19. The van der Waals surface area contributed by atoms with E-state index >= 15 is 0 Å². The normalized spacial score (nSPS) is 17.4. The van der Waals surface area contributed by atoms with E-state index in [1.165, 1.54) is 59.6 Å². The minimum Gasteiger partial charge on any atom is -0.378 e. The molecule has 4 rings (SSSR count). The lowest BCUT2D eigenvalue weighted by Gasteiger charge is -2.31. The van der Waals surface area contributed by atoms with Crippen LogP contribution in [0.4, 0.5) is 11.4 Å². The molecule has 0 spiro atoms. The van der Waals surface area contributed by atoms with Gasteiger partial charge in [-0.25, -0.2) is 0 Å². The maximum atomic E-state index is 5.54. The van der Waals surface area contributed by atoms with Crippen LogP contribution >= 0.6 is 0 Å². The molecule has 2 aliphatic heterocycles. The van der Waals surface area contributed by atoms with Crippen molar-refractivity contribution >= 4 is 11.4 Å². The van der Waals surface area contributed by atoms with Crippen molar-refractivity contribution in [1.82, 2.24) is 4.90 Å². The Bertz CT molecular complexity index is 823. The molecule has 2 saturated heterocycles. The molecule has 2 aliphatic rings. The summed E-state index contributed by atoms with van der Waals surface area (Å²) in [6.07, 6.45) is 2.65. The van der Waals surface area contributed by atoms with Crippen LogP contribution in [0.25, 0.3) is 0 Å². The fourth-order valence-electron chi connectivity index (χ4n) is 4.72. The van der Waals surface area contributed by atoms with Crippen molar-refractivity contribution < 1.29 is 4.74 Å². The molecule has 4 nitrogen and oxygen atoms in total. The van der Waals surface area contributed by atoms with Gasteiger partial charge < -0.3 is 14.5 Å². The average Bonchev–Trinajstić information content (AvgIpc) is 3.26. The highest BCUT2D eigenvalue weighted by Gasteiger charge is 2.18. The summed E-state index contributed by atoms with van der Waals surface area (Å²) in [5.41, 5.74) is 8.46. The summed E-state index contributed by atoms with van der Waals surface area (Å²) in [6, 6.07) is 13.7. The van der Waals surface area contributed by atoms with E-state index in [1.807, 2.05) is 0 Å². The zero-order valence-corrected chi connectivity index (χ0v) is 18.3. The fourth-order valence-corrected chi connectivity index (χ4v) is 4.72. The number of ether oxygens (including phenoxy) is 1. The van der Waals surface area contributed by atoms with Gasteiger partial charge in [-0.2, -0.15) is 0 Å². The summed E-state index contributed by atoms with van der Waals surface area (Å²) < 4.78 is 5.54. The third kappa shape index (κ3) is 4.76. The van der Waals surface area contributed by atoms with E-state index in [2.05, 4.69) is 72.0 Å². The monoisotopic (exact) mass is 393 g/mol. The van der Waals surface area contributed by atoms with Crippen LogP contribution in [-0.4, -0.2) is 51.3 Å². The number of hydrogen-bond donors (Lipinski definition) is 0. The van der Waals surface area contributed by atoms with Crippen LogP contribution in [0.15, 0.2) is 36.4 Å². The molecule has 2 aromatic rings. The first kappa shape index (κ1) is 20.2. The van der Waals surface area contributed by atoms with Gasteiger partial charge in [-0.05, 0) is 68.1 Å². The summed E-state index contributed by atoms with van der Waals surface area (Å²) in [5, 5.41) is 0. The quantitative estimate of drug-likeness (QED) is 0.725. The largest absolute Gasteiger partial charge is 0.378 e. The van der Waals surface area contributed by atoms with Gasteiger partial charge >= 0.3 is 0 Å². The van der Waals surface area contributed by atoms with E-state index in [0.717, 1.165) is 39.4 Å². The van der Waals surface area contributed by atoms with Crippen LogP contribution in [-0.2, 0) is 17.8 Å². The Morgan fingerprint density at radius 3 is 2.21 bits per heavy atom. The molecule has 2 fully saturated rings. The smallest absolute Gasteiger partial charge is 0.0642 e. The van der Waals surface area contributed by atoms with Gasteiger partial charge in [-0.15, -0.1) is 0 Å². The molecule has 2 aromatic carbocycles. The van der Waals surface area contributed by atoms with E-state index in [4.69, 9.17) is 4.74 Å². The van der Waals surface area contributed by atoms with Gasteiger partial charge in [0, 0.05) is 50.6 Å². The first-order valence-electron chi connectivity index (χ1n) is 11.1. The Balaban J connectivity index is 1.46. The van der Waals surface area contributed by atoms with Crippen molar-refractivity contribution in [3.63, 3.8) is 0 Å². The van der Waals surface area contributed by atoms with E-state index in [-0.39, 0.29) is 0 Å².